The Balaban J connectivity index is 1.71. The third-order valence-electron chi connectivity index (χ3n) is 8.99. The molecule has 0 spiro atoms. The van der Waals surface area contributed by atoms with Gasteiger partial charge >= 0.3 is 0 Å². The molecule has 6 atom stereocenters. The number of ether oxygens (including phenoxy) is 2. The monoisotopic (exact) mass is 422 g/mol. The molecule has 3 heteroatoms. The zero-order valence-corrected chi connectivity index (χ0v) is 21.2. The van der Waals surface area contributed by atoms with Crippen LogP contribution in [-0.4, -0.2) is 28.2 Å². The van der Waals surface area contributed by atoms with E-state index in [1.165, 1.54) is 44.9 Å². The number of rotatable bonds is 8. The van der Waals surface area contributed by atoms with Gasteiger partial charge in [-0.05, 0) is 109 Å². The summed E-state index contributed by atoms with van der Waals surface area (Å²) < 4.78 is 12.5. The first-order valence-corrected chi connectivity index (χ1v) is 12.8. The summed E-state index contributed by atoms with van der Waals surface area (Å²) in [6.07, 6.45) is 12.8. The van der Waals surface area contributed by atoms with Crippen LogP contribution in [0.1, 0.15) is 120 Å². The van der Waals surface area contributed by atoms with Crippen molar-refractivity contribution in [2.24, 2.45) is 29.1 Å². The van der Waals surface area contributed by atoms with Crippen molar-refractivity contribution >= 4 is 0 Å². The maximum atomic E-state index is 10.3. The van der Waals surface area contributed by atoms with Crippen molar-refractivity contribution in [1.29, 1.82) is 0 Å². The van der Waals surface area contributed by atoms with E-state index in [1.807, 2.05) is 27.7 Å². The van der Waals surface area contributed by atoms with Gasteiger partial charge in [-0.25, -0.2) is 0 Å². The van der Waals surface area contributed by atoms with Crippen molar-refractivity contribution in [2.45, 2.75) is 143 Å². The van der Waals surface area contributed by atoms with Crippen LogP contribution < -0.4 is 0 Å². The van der Waals surface area contributed by atoms with E-state index in [4.69, 9.17) is 9.47 Å². The van der Waals surface area contributed by atoms with Gasteiger partial charge in [0.1, 0.15) is 0 Å². The maximum absolute atomic E-state index is 10.3. The van der Waals surface area contributed by atoms with Crippen molar-refractivity contribution < 1.29 is 14.6 Å². The van der Waals surface area contributed by atoms with E-state index in [0.29, 0.717) is 5.41 Å². The standard InChI is InChI=1S/C27H50O3/c1-19-11-9-18-27(8)21(19)14-15-22(27)20(12-10-17-24(2,3)28)13-16-23-25(4,5)30-26(6,7)29-23/h19-23,28H,9-18H2,1-8H3/t19-,20?,21?,22?,23?,27-/m0/s1. The molecule has 0 aromatic heterocycles. The Kier molecular flexibility index (Phi) is 7.09. The van der Waals surface area contributed by atoms with Crippen molar-refractivity contribution in [3.63, 3.8) is 0 Å². The van der Waals surface area contributed by atoms with E-state index >= 15 is 0 Å². The Morgan fingerprint density at radius 3 is 2.33 bits per heavy atom. The average Bonchev–Trinajstić information content (AvgIpc) is 3.03. The van der Waals surface area contributed by atoms with E-state index in [-0.39, 0.29) is 11.7 Å². The Morgan fingerprint density at radius 1 is 1.03 bits per heavy atom. The van der Waals surface area contributed by atoms with Crippen LogP contribution in [0.3, 0.4) is 0 Å². The summed E-state index contributed by atoms with van der Waals surface area (Å²) in [5, 5.41) is 10.3. The third kappa shape index (κ3) is 5.44. The molecule has 0 amide bonds. The fourth-order valence-corrected chi connectivity index (χ4v) is 7.70. The average molecular weight is 423 g/mol. The Morgan fingerprint density at radius 2 is 1.73 bits per heavy atom. The van der Waals surface area contributed by atoms with E-state index < -0.39 is 11.4 Å². The maximum Gasteiger partial charge on any atom is 0.164 e. The summed E-state index contributed by atoms with van der Waals surface area (Å²) in [4.78, 5) is 0. The lowest BCUT2D eigenvalue weighted by atomic mass is 9.58. The number of hydrogen-bond acceptors (Lipinski definition) is 3. The Labute approximate surface area is 186 Å². The van der Waals surface area contributed by atoms with Gasteiger partial charge in [0.25, 0.3) is 0 Å². The van der Waals surface area contributed by atoms with Crippen molar-refractivity contribution in [2.75, 3.05) is 0 Å². The molecule has 1 heterocycles. The second-order valence-corrected chi connectivity index (χ2v) is 12.9. The molecule has 1 saturated heterocycles. The molecule has 3 nitrogen and oxygen atoms in total. The summed E-state index contributed by atoms with van der Waals surface area (Å²) in [7, 11) is 0. The minimum Gasteiger partial charge on any atom is -0.390 e. The minimum atomic E-state index is -0.555. The quantitative estimate of drug-likeness (QED) is 0.453. The third-order valence-corrected chi connectivity index (χ3v) is 8.99. The van der Waals surface area contributed by atoms with E-state index in [1.54, 1.807) is 0 Å². The largest absolute Gasteiger partial charge is 0.390 e. The van der Waals surface area contributed by atoms with E-state index in [0.717, 1.165) is 42.9 Å². The zero-order chi connectivity index (χ0) is 22.4. The van der Waals surface area contributed by atoms with Gasteiger partial charge in [0.2, 0.25) is 0 Å². The van der Waals surface area contributed by atoms with Crippen LogP contribution in [0, 0.1) is 29.1 Å². The molecule has 3 fully saturated rings. The predicted octanol–water partition coefficient (Wildman–Crippen LogP) is 7.11. The first-order valence-electron chi connectivity index (χ1n) is 12.8. The highest BCUT2D eigenvalue weighted by Crippen LogP contribution is 2.60. The normalized spacial score (nSPS) is 39.1. The van der Waals surface area contributed by atoms with Gasteiger partial charge in [-0.3, -0.25) is 0 Å². The minimum absolute atomic E-state index is 0.166. The number of aliphatic hydroxyl groups is 1. The van der Waals surface area contributed by atoms with Crippen molar-refractivity contribution in [1.82, 2.24) is 0 Å². The molecule has 0 bridgehead atoms. The second kappa shape index (κ2) is 8.67. The molecule has 3 aliphatic rings. The lowest BCUT2D eigenvalue weighted by Gasteiger charge is -2.47. The molecule has 176 valence electrons. The lowest BCUT2D eigenvalue weighted by Crippen LogP contribution is -2.39. The number of hydrogen-bond donors (Lipinski definition) is 1. The van der Waals surface area contributed by atoms with Gasteiger partial charge in [-0.1, -0.05) is 39.5 Å². The van der Waals surface area contributed by atoms with Crippen LogP contribution in [0.25, 0.3) is 0 Å². The van der Waals surface area contributed by atoms with Crippen molar-refractivity contribution in [3.8, 4) is 0 Å². The highest BCUT2D eigenvalue weighted by atomic mass is 16.8. The summed E-state index contributed by atoms with van der Waals surface area (Å²) in [5.74, 6) is 2.88. The first kappa shape index (κ1) is 24.5. The van der Waals surface area contributed by atoms with Gasteiger partial charge < -0.3 is 14.6 Å². The second-order valence-electron chi connectivity index (χ2n) is 12.9. The molecular weight excluding hydrogens is 372 g/mol. The molecule has 4 unspecified atom stereocenters. The molecular formula is C27H50O3. The van der Waals surface area contributed by atoms with Crippen LogP contribution in [0.15, 0.2) is 0 Å². The van der Waals surface area contributed by atoms with Crippen LogP contribution in [0.2, 0.25) is 0 Å². The smallest absolute Gasteiger partial charge is 0.164 e. The molecule has 1 aliphatic heterocycles. The molecule has 0 radical (unpaired) electrons. The predicted molar refractivity (Wildman–Crippen MR) is 124 cm³/mol. The number of fused-ring (bicyclic) bond motifs is 1. The van der Waals surface area contributed by atoms with Gasteiger partial charge in [0.05, 0.1) is 17.3 Å². The summed E-state index contributed by atoms with van der Waals surface area (Å²) in [6, 6.07) is 0. The van der Waals surface area contributed by atoms with Crippen LogP contribution in [0.5, 0.6) is 0 Å². The SMILES string of the molecule is C[C@H]1CCC[C@]2(C)C(C(CCCC(C)(C)O)CCC3OC(C)(C)OC3(C)C)CCC12. The first-order chi connectivity index (χ1) is 13.7. The molecule has 2 saturated carbocycles. The van der Waals surface area contributed by atoms with Gasteiger partial charge in [0, 0.05) is 0 Å². The molecule has 30 heavy (non-hydrogen) atoms. The zero-order valence-electron chi connectivity index (χ0n) is 21.2. The van der Waals surface area contributed by atoms with Gasteiger partial charge in [-0.15, -0.1) is 0 Å². The fourth-order valence-electron chi connectivity index (χ4n) is 7.70. The Bertz CT molecular complexity index is 575. The molecule has 0 aromatic carbocycles. The highest BCUT2D eigenvalue weighted by molar-refractivity contribution is 5.01. The molecule has 0 aromatic rings. The summed E-state index contributed by atoms with van der Waals surface area (Å²) >= 11 is 0. The van der Waals surface area contributed by atoms with E-state index in [9.17, 15) is 5.11 Å². The Hall–Kier alpha value is -0.120. The van der Waals surface area contributed by atoms with Crippen LogP contribution >= 0.6 is 0 Å². The molecule has 1 N–H and O–H groups in total. The van der Waals surface area contributed by atoms with Crippen LogP contribution in [-0.2, 0) is 9.47 Å². The van der Waals surface area contributed by atoms with Gasteiger partial charge in [-0.2, -0.15) is 0 Å². The lowest BCUT2D eigenvalue weighted by molar-refractivity contribution is -0.157. The molecule has 2 aliphatic carbocycles. The highest BCUT2D eigenvalue weighted by Gasteiger charge is 2.52. The topological polar surface area (TPSA) is 38.7 Å². The van der Waals surface area contributed by atoms with Crippen LogP contribution in [0.4, 0.5) is 0 Å². The van der Waals surface area contributed by atoms with E-state index in [2.05, 4.69) is 27.7 Å². The summed E-state index contributed by atoms with van der Waals surface area (Å²) in [5.41, 5.74) is -0.262. The molecule has 3 rings (SSSR count). The summed E-state index contributed by atoms with van der Waals surface area (Å²) in [6.45, 7) is 17.5. The van der Waals surface area contributed by atoms with Crippen molar-refractivity contribution in [3.05, 3.63) is 0 Å². The van der Waals surface area contributed by atoms with Gasteiger partial charge in [0.15, 0.2) is 5.79 Å². The fraction of sp³-hybridized carbons (Fsp3) is 1.00.